The monoisotopic (exact) mass is 270 g/mol. The largest absolute Gasteiger partial charge is 0.468 e. The van der Waals surface area contributed by atoms with Crippen molar-refractivity contribution in [3.8, 4) is 0 Å². The summed E-state index contributed by atoms with van der Waals surface area (Å²) < 4.78 is 10.2. The highest BCUT2D eigenvalue weighted by molar-refractivity contribution is 5.82. The number of hydrogen-bond donors (Lipinski definition) is 1. The van der Waals surface area contributed by atoms with E-state index in [1.165, 1.54) is 20.0 Å². The fraction of sp³-hybridized carbons (Fsp3) is 0.929. The first kappa shape index (κ1) is 14.8. The van der Waals surface area contributed by atoms with Crippen LogP contribution in [-0.2, 0) is 14.3 Å². The number of hydrogen-bond acceptors (Lipinski definition) is 5. The third kappa shape index (κ3) is 3.27. The number of carbonyl (C=O) groups is 1. The fourth-order valence-corrected chi connectivity index (χ4v) is 2.86. The zero-order chi connectivity index (χ0) is 13.9. The number of likely N-dealkylation sites (N-methyl/N-ethyl adjacent to an activating group) is 1. The maximum atomic E-state index is 12.3. The van der Waals surface area contributed by atoms with Crippen LogP contribution in [0.2, 0.25) is 0 Å². The van der Waals surface area contributed by atoms with Crippen LogP contribution in [0.25, 0.3) is 0 Å². The lowest BCUT2D eigenvalue weighted by Gasteiger charge is -2.36. The Morgan fingerprint density at radius 3 is 2.42 bits per heavy atom. The Morgan fingerprint density at radius 2 is 2.00 bits per heavy atom. The zero-order valence-corrected chi connectivity index (χ0v) is 12.3. The summed E-state index contributed by atoms with van der Waals surface area (Å²) in [7, 11) is 5.07. The van der Waals surface area contributed by atoms with Crippen LogP contribution in [-0.4, -0.2) is 63.4 Å². The fourth-order valence-electron chi connectivity index (χ4n) is 2.86. The van der Waals surface area contributed by atoms with Crippen LogP contribution in [0.15, 0.2) is 0 Å². The normalized spacial score (nSPS) is 22.3. The van der Waals surface area contributed by atoms with Crippen molar-refractivity contribution < 1.29 is 14.3 Å². The van der Waals surface area contributed by atoms with Gasteiger partial charge in [-0.2, -0.15) is 0 Å². The minimum absolute atomic E-state index is 0.124. The first-order valence-corrected chi connectivity index (χ1v) is 7.18. The maximum absolute atomic E-state index is 12.3. The molecule has 0 aromatic carbocycles. The molecular formula is C14H26N2O3. The van der Waals surface area contributed by atoms with Gasteiger partial charge in [0, 0.05) is 26.2 Å². The molecule has 0 aromatic heterocycles. The van der Waals surface area contributed by atoms with Gasteiger partial charge in [0.1, 0.15) is 5.54 Å². The molecule has 5 nitrogen and oxygen atoms in total. The van der Waals surface area contributed by atoms with E-state index in [9.17, 15) is 4.79 Å². The molecule has 0 spiro atoms. The highest BCUT2D eigenvalue weighted by Gasteiger charge is 2.52. The number of ether oxygens (including phenoxy) is 2. The number of esters is 1. The first-order valence-electron chi connectivity index (χ1n) is 7.18. The summed E-state index contributed by atoms with van der Waals surface area (Å²) in [6.07, 6.45) is 4.68. The van der Waals surface area contributed by atoms with Crippen molar-refractivity contribution in [3.05, 3.63) is 0 Å². The molecule has 1 atom stereocenters. The molecule has 1 unspecified atom stereocenters. The molecule has 2 rings (SSSR count). The lowest BCUT2D eigenvalue weighted by atomic mass is 9.92. The molecular weight excluding hydrogens is 244 g/mol. The summed E-state index contributed by atoms with van der Waals surface area (Å²) in [5.41, 5.74) is -0.537. The van der Waals surface area contributed by atoms with E-state index in [2.05, 4.69) is 10.2 Å². The molecule has 110 valence electrons. The molecule has 0 heterocycles. The van der Waals surface area contributed by atoms with E-state index in [0.717, 1.165) is 25.9 Å². The van der Waals surface area contributed by atoms with Crippen LogP contribution in [0, 0.1) is 5.92 Å². The molecule has 1 N–H and O–H groups in total. The van der Waals surface area contributed by atoms with E-state index in [1.807, 2.05) is 7.05 Å². The predicted octanol–water partition coefficient (Wildman–Crippen LogP) is 0.638. The third-order valence-electron chi connectivity index (χ3n) is 4.37. The minimum Gasteiger partial charge on any atom is -0.468 e. The number of carbonyl (C=O) groups excluding carboxylic acids is 1. The van der Waals surface area contributed by atoms with Crippen molar-refractivity contribution in [2.45, 2.75) is 37.3 Å². The van der Waals surface area contributed by atoms with Crippen molar-refractivity contribution in [3.63, 3.8) is 0 Å². The average molecular weight is 270 g/mol. The molecule has 0 radical (unpaired) electrons. The summed E-state index contributed by atoms with van der Waals surface area (Å²) in [6.45, 7) is 2.32. The van der Waals surface area contributed by atoms with Gasteiger partial charge in [0.15, 0.2) is 0 Å². The summed E-state index contributed by atoms with van der Waals surface area (Å²) >= 11 is 0. The minimum atomic E-state index is -0.537. The van der Waals surface area contributed by atoms with Crippen LogP contribution in [0.4, 0.5) is 0 Å². The van der Waals surface area contributed by atoms with Gasteiger partial charge in [-0.3, -0.25) is 4.90 Å². The predicted molar refractivity (Wildman–Crippen MR) is 73.0 cm³/mol. The van der Waals surface area contributed by atoms with E-state index in [0.29, 0.717) is 18.6 Å². The van der Waals surface area contributed by atoms with E-state index < -0.39 is 5.54 Å². The molecule has 0 amide bonds. The van der Waals surface area contributed by atoms with Crippen LogP contribution >= 0.6 is 0 Å². The number of methoxy groups -OCH3 is 2. The van der Waals surface area contributed by atoms with Gasteiger partial charge in [-0.15, -0.1) is 0 Å². The molecule has 0 saturated heterocycles. The number of nitrogens with zero attached hydrogens (tertiary/aromatic N) is 1. The van der Waals surface area contributed by atoms with Gasteiger partial charge >= 0.3 is 5.97 Å². The van der Waals surface area contributed by atoms with Crippen molar-refractivity contribution in [2.24, 2.45) is 5.92 Å². The van der Waals surface area contributed by atoms with Crippen molar-refractivity contribution in [1.82, 2.24) is 10.2 Å². The first-order chi connectivity index (χ1) is 9.17. The zero-order valence-electron chi connectivity index (χ0n) is 12.3. The Balaban J connectivity index is 2.06. The Kier molecular flexibility index (Phi) is 4.81. The molecule has 2 aliphatic rings. The van der Waals surface area contributed by atoms with E-state index >= 15 is 0 Å². The van der Waals surface area contributed by atoms with Gasteiger partial charge in [-0.1, -0.05) is 0 Å². The quantitative estimate of drug-likeness (QED) is 0.623. The molecule has 0 aromatic rings. The van der Waals surface area contributed by atoms with Crippen LogP contribution in [0.3, 0.4) is 0 Å². The topological polar surface area (TPSA) is 50.8 Å². The highest BCUT2D eigenvalue weighted by atomic mass is 16.5. The molecule has 19 heavy (non-hydrogen) atoms. The average Bonchev–Trinajstić information content (AvgIpc) is 3.30. The molecule has 0 aliphatic heterocycles. The maximum Gasteiger partial charge on any atom is 0.327 e. The van der Waals surface area contributed by atoms with Gasteiger partial charge in [0.05, 0.1) is 13.7 Å². The van der Waals surface area contributed by atoms with Crippen molar-refractivity contribution in [2.75, 3.05) is 41.0 Å². The van der Waals surface area contributed by atoms with Gasteiger partial charge in [0.25, 0.3) is 0 Å². The van der Waals surface area contributed by atoms with Gasteiger partial charge < -0.3 is 14.8 Å². The molecule has 0 bridgehead atoms. The Morgan fingerprint density at radius 1 is 1.32 bits per heavy atom. The standard InChI is InChI=1S/C14H26N2O3/c1-15-14(11-4-5-11,13(17)19-3)10-16(8-9-18-2)12-6-7-12/h11-12,15H,4-10H2,1-3H3. The Bertz CT molecular complexity index is 316. The Labute approximate surface area is 115 Å². The van der Waals surface area contributed by atoms with Crippen LogP contribution in [0.5, 0.6) is 0 Å². The van der Waals surface area contributed by atoms with E-state index in [4.69, 9.17) is 9.47 Å². The van der Waals surface area contributed by atoms with Gasteiger partial charge in [0.2, 0.25) is 0 Å². The number of nitrogens with one attached hydrogen (secondary N) is 1. The van der Waals surface area contributed by atoms with Gasteiger partial charge in [-0.05, 0) is 38.6 Å². The second-order valence-electron chi connectivity index (χ2n) is 5.68. The van der Waals surface area contributed by atoms with E-state index in [-0.39, 0.29) is 5.97 Å². The number of rotatable bonds is 9. The van der Waals surface area contributed by atoms with Crippen molar-refractivity contribution >= 4 is 5.97 Å². The van der Waals surface area contributed by atoms with Crippen LogP contribution in [0.1, 0.15) is 25.7 Å². The van der Waals surface area contributed by atoms with E-state index in [1.54, 1.807) is 7.11 Å². The highest BCUT2D eigenvalue weighted by Crippen LogP contribution is 2.42. The summed E-state index contributed by atoms with van der Waals surface area (Å²) in [5.74, 6) is 0.286. The second kappa shape index (κ2) is 6.20. The summed E-state index contributed by atoms with van der Waals surface area (Å²) in [5, 5.41) is 3.26. The lowest BCUT2D eigenvalue weighted by molar-refractivity contribution is -0.150. The molecule has 2 saturated carbocycles. The molecule has 5 heteroatoms. The Hall–Kier alpha value is -0.650. The van der Waals surface area contributed by atoms with Crippen LogP contribution < -0.4 is 5.32 Å². The summed E-state index contributed by atoms with van der Waals surface area (Å²) in [6, 6.07) is 0.617. The van der Waals surface area contributed by atoms with Crippen molar-refractivity contribution in [1.29, 1.82) is 0 Å². The molecule has 2 aliphatic carbocycles. The summed E-state index contributed by atoms with van der Waals surface area (Å²) in [4.78, 5) is 14.6. The third-order valence-corrected chi connectivity index (χ3v) is 4.37. The smallest absolute Gasteiger partial charge is 0.327 e. The van der Waals surface area contributed by atoms with Gasteiger partial charge in [-0.25, -0.2) is 4.79 Å². The lowest BCUT2D eigenvalue weighted by Crippen LogP contribution is -2.60. The molecule has 2 fully saturated rings. The second-order valence-corrected chi connectivity index (χ2v) is 5.68. The SMILES string of the molecule is CNC(CN(CCOC)C1CC1)(C(=O)OC)C1CC1.